The van der Waals surface area contributed by atoms with Crippen LogP contribution in [0.1, 0.15) is 24.3 Å². The molecule has 0 N–H and O–H groups in total. The molecule has 1 aliphatic rings. The van der Waals surface area contributed by atoms with Crippen molar-refractivity contribution in [1.29, 1.82) is 0 Å². The second-order valence-electron chi connectivity index (χ2n) is 6.15. The fourth-order valence-electron chi connectivity index (χ4n) is 3.17. The summed E-state index contributed by atoms with van der Waals surface area (Å²) in [5.74, 6) is 0.844. The average Bonchev–Trinajstić information content (AvgIpc) is 3.13. The molecule has 0 aromatic heterocycles. The molecule has 1 amide bonds. The van der Waals surface area contributed by atoms with Gasteiger partial charge in [0.15, 0.2) is 0 Å². The first kappa shape index (κ1) is 17.5. The normalized spacial score (nSPS) is 16.2. The second-order valence-corrected chi connectivity index (χ2v) is 7.06. The number of hydrogen-bond acceptors (Lipinski definition) is 4. The molecule has 27 heavy (non-hydrogen) atoms. The minimum atomic E-state index is -0.692. The van der Waals surface area contributed by atoms with E-state index in [1.165, 1.54) is 11.9 Å². The van der Waals surface area contributed by atoms with Gasteiger partial charge in [0, 0.05) is 17.0 Å². The predicted molar refractivity (Wildman–Crippen MR) is 108 cm³/mol. The minimum absolute atomic E-state index is 0.206. The van der Waals surface area contributed by atoms with Crippen LogP contribution in [0.4, 0.5) is 0 Å². The third kappa shape index (κ3) is 3.17. The van der Waals surface area contributed by atoms with Crippen LogP contribution in [0, 0.1) is 0 Å². The summed E-state index contributed by atoms with van der Waals surface area (Å²) < 4.78 is 12.7. The van der Waals surface area contributed by atoms with Crippen LogP contribution in [0.5, 0.6) is 5.75 Å². The van der Waals surface area contributed by atoms with Gasteiger partial charge in [-0.25, -0.2) is 0 Å². The lowest BCUT2D eigenvalue weighted by Crippen LogP contribution is -2.25. The van der Waals surface area contributed by atoms with Crippen LogP contribution in [0.15, 0.2) is 70.2 Å². The largest absolute Gasteiger partial charge is 0.496 e. The number of methoxy groups -OCH3 is 1. The van der Waals surface area contributed by atoms with Crippen molar-refractivity contribution in [1.82, 2.24) is 5.01 Å². The van der Waals surface area contributed by atoms with Gasteiger partial charge < -0.3 is 9.47 Å². The van der Waals surface area contributed by atoms with Gasteiger partial charge in [0.25, 0.3) is 0 Å². The number of nitrogens with zero attached hydrogens (tertiary/aromatic N) is 2. The zero-order valence-corrected chi connectivity index (χ0v) is 16.4. The summed E-state index contributed by atoms with van der Waals surface area (Å²) in [5, 5.41) is 7.80. The van der Waals surface area contributed by atoms with Crippen LogP contribution in [0.2, 0.25) is 0 Å². The van der Waals surface area contributed by atoms with E-state index < -0.39 is 6.23 Å². The van der Waals surface area contributed by atoms with Crippen molar-refractivity contribution in [3.05, 3.63) is 76.3 Å². The van der Waals surface area contributed by atoms with Crippen LogP contribution in [-0.4, -0.2) is 23.9 Å². The van der Waals surface area contributed by atoms with Crippen molar-refractivity contribution in [2.75, 3.05) is 7.11 Å². The topological polar surface area (TPSA) is 51.1 Å². The molecular formula is C21H17BrN2O3. The molecule has 4 rings (SSSR count). The second kappa shape index (κ2) is 7.04. The molecule has 1 atom stereocenters. The number of carbonyl (C=O) groups is 1. The van der Waals surface area contributed by atoms with E-state index in [1.807, 2.05) is 60.7 Å². The monoisotopic (exact) mass is 424 g/mol. The highest BCUT2D eigenvalue weighted by atomic mass is 79.9. The number of rotatable bonds is 3. The molecule has 0 bridgehead atoms. The fourth-order valence-corrected chi connectivity index (χ4v) is 3.44. The van der Waals surface area contributed by atoms with Crippen molar-refractivity contribution >= 4 is 38.5 Å². The first-order valence-corrected chi connectivity index (χ1v) is 9.24. The Kier molecular flexibility index (Phi) is 4.58. The van der Waals surface area contributed by atoms with Crippen LogP contribution in [-0.2, 0) is 9.53 Å². The molecular weight excluding hydrogens is 408 g/mol. The highest BCUT2D eigenvalue weighted by Gasteiger charge is 2.36. The van der Waals surface area contributed by atoms with E-state index in [0.29, 0.717) is 11.6 Å². The summed E-state index contributed by atoms with van der Waals surface area (Å²) in [6.07, 6.45) is -0.692. The van der Waals surface area contributed by atoms with E-state index >= 15 is 0 Å². The molecule has 3 aromatic rings. The number of halogens is 1. The molecule has 0 aliphatic carbocycles. The fraction of sp³-hybridized carbons (Fsp3) is 0.143. The molecule has 1 heterocycles. The molecule has 0 fully saturated rings. The van der Waals surface area contributed by atoms with E-state index in [9.17, 15) is 4.79 Å². The summed E-state index contributed by atoms with van der Waals surface area (Å²) >= 11 is 3.42. The molecule has 6 heteroatoms. The quantitative estimate of drug-likeness (QED) is 0.603. The Balaban J connectivity index is 1.83. The average molecular weight is 425 g/mol. The predicted octanol–water partition coefficient (Wildman–Crippen LogP) is 4.85. The van der Waals surface area contributed by atoms with Crippen LogP contribution in [0.25, 0.3) is 10.8 Å². The molecule has 0 spiro atoms. The van der Waals surface area contributed by atoms with Gasteiger partial charge >= 0.3 is 0 Å². The third-order valence-electron chi connectivity index (χ3n) is 4.46. The molecule has 0 saturated heterocycles. The Morgan fingerprint density at radius 3 is 2.56 bits per heavy atom. The molecule has 136 valence electrons. The van der Waals surface area contributed by atoms with Gasteiger partial charge in [-0.1, -0.05) is 46.3 Å². The highest BCUT2D eigenvalue weighted by molar-refractivity contribution is 9.10. The summed E-state index contributed by atoms with van der Waals surface area (Å²) in [4.78, 5) is 12.3. The minimum Gasteiger partial charge on any atom is -0.496 e. The van der Waals surface area contributed by atoms with Crippen molar-refractivity contribution < 1.29 is 14.3 Å². The highest BCUT2D eigenvalue weighted by Crippen LogP contribution is 2.40. The maximum absolute atomic E-state index is 12.3. The Morgan fingerprint density at radius 1 is 1.11 bits per heavy atom. The molecule has 0 saturated carbocycles. The number of fused-ring (bicyclic) bond motifs is 1. The molecule has 0 unspecified atom stereocenters. The smallest absolute Gasteiger partial charge is 0.243 e. The van der Waals surface area contributed by atoms with Gasteiger partial charge in [-0.2, -0.15) is 5.01 Å². The van der Waals surface area contributed by atoms with Gasteiger partial charge in [-0.05, 0) is 41.1 Å². The van der Waals surface area contributed by atoms with E-state index in [4.69, 9.17) is 9.47 Å². The maximum Gasteiger partial charge on any atom is 0.243 e. The zero-order chi connectivity index (χ0) is 19.0. The van der Waals surface area contributed by atoms with Crippen molar-refractivity contribution in [3.8, 4) is 5.75 Å². The Hall–Kier alpha value is -2.86. The Morgan fingerprint density at radius 2 is 1.85 bits per heavy atom. The summed E-state index contributed by atoms with van der Waals surface area (Å²) in [6.45, 7) is 1.47. The molecule has 3 aromatic carbocycles. The first-order chi connectivity index (χ1) is 13.1. The van der Waals surface area contributed by atoms with Gasteiger partial charge in [0.05, 0.1) is 12.7 Å². The maximum atomic E-state index is 12.3. The first-order valence-electron chi connectivity index (χ1n) is 8.45. The van der Waals surface area contributed by atoms with Crippen molar-refractivity contribution in [2.24, 2.45) is 5.10 Å². The SMILES string of the molecule is COc1ccc2ccccc2c1[C@H]1OC(c2ccc(Br)cc2)=NN1C(C)=O. The Labute approximate surface area is 165 Å². The van der Waals surface area contributed by atoms with E-state index in [1.54, 1.807) is 7.11 Å². The third-order valence-corrected chi connectivity index (χ3v) is 4.98. The van der Waals surface area contributed by atoms with E-state index in [2.05, 4.69) is 21.0 Å². The lowest BCUT2D eigenvalue weighted by atomic mass is 10.0. The van der Waals surface area contributed by atoms with Crippen molar-refractivity contribution in [3.63, 3.8) is 0 Å². The van der Waals surface area contributed by atoms with Gasteiger partial charge in [0.1, 0.15) is 5.75 Å². The standard InChI is InChI=1S/C21H17BrN2O3/c1-13(25)24-21(27-20(23-24)15-7-10-16(22)11-8-15)19-17-6-4-3-5-14(17)9-12-18(19)26-2/h3-12,21H,1-2H3/t21-/m1/s1. The molecule has 5 nitrogen and oxygen atoms in total. The molecule has 1 aliphatic heterocycles. The lowest BCUT2D eigenvalue weighted by molar-refractivity contribution is -0.135. The molecule has 0 radical (unpaired) electrons. The summed E-state index contributed by atoms with van der Waals surface area (Å²) in [7, 11) is 1.61. The number of benzene rings is 3. The van der Waals surface area contributed by atoms with Gasteiger partial charge in [0.2, 0.25) is 18.0 Å². The van der Waals surface area contributed by atoms with E-state index in [-0.39, 0.29) is 5.91 Å². The van der Waals surface area contributed by atoms with Gasteiger partial charge in [-0.15, -0.1) is 5.10 Å². The van der Waals surface area contributed by atoms with Crippen LogP contribution in [0.3, 0.4) is 0 Å². The lowest BCUT2D eigenvalue weighted by Gasteiger charge is -2.23. The van der Waals surface area contributed by atoms with E-state index in [0.717, 1.165) is 26.4 Å². The number of hydrazone groups is 1. The van der Waals surface area contributed by atoms with Crippen LogP contribution < -0.4 is 4.74 Å². The van der Waals surface area contributed by atoms with Crippen molar-refractivity contribution in [2.45, 2.75) is 13.2 Å². The number of amides is 1. The van der Waals surface area contributed by atoms with Crippen LogP contribution >= 0.6 is 15.9 Å². The van der Waals surface area contributed by atoms with Gasteiger partial charge in [-0.3, -0.25) is 4.79 Å². The summed E-state index contributed by atoms with van der Waals surface area (Å²) in [6, 6.07) is 19.4. The zero-order valence-electron chi connectivity index (χ0n) is 14.8. The number of ether oxygens (including phenoxy) is 2. The number of carbonyl (C=O) groups excluding carboxylic acids is 1. The number of hydrogen-bond donors (Lipinski definition) is 0. The Bertz CT molecular complexity index is 1050. The summed E-state index contributed by atoms with van der Waals surface area (Å²) in [5.41, 5.74) is 1.58.